The lowest BCUT2D eigenvalue weighted by molar-refractivity contribution is -0.144. The number of hydrogen-bond acceptors (Lipinski definition) is 5. The van der Waals surface area contributed by atoms with Crippen LogP contribution in [0.15, 0.2) is 42.6 Å². The van der Waals surface area contributed by atoms with Gasteiger partial charge in [0.25, 0.3) is 5.91 Å². The third kappa shape index (κ3) is 5.80. The molecule has 1 amide bonds. The number of benzene rings is 1. The van der Waals surface area contributed by atoms with Crippen LogP contribution in [0.25, 0.3) is 10.9 Å². The molecule has 1 aromatic carbocycles. The van der Waals surface area contributed by atoms with Gasteiger partial charge in [-0.3, -0.25) is 4.79 Å². The number of carbonyl (C=O) groups excluding carboxylic acids is 3. The number of H-pyrrole nitrogens is 1. The first-order valence-electron chi connectivity index (χ1n) is 7.93. The Morgan fingerprint density at radius 3 is 2.60 bits per heavy atom. The zero-order valence-corrected chi connectivity index (χ0v) is 13.9. The number of esters is 2. The van der Waals surface area contributed by atoms with E-state index in [1.165, 1.54) is 0 Å². The summed E-state index contributed by atoms with van der Waals surface area (Å²) < 4.78 is 9.36. The lowest BCUT2D eigenvalue weighted by Gasteiger charge is -2.05. The van der Waals surface area contributed by atoms with Crippen molar-refractivity contribution in [1.82, 2.24) is 10.3 Å². The van der Waals surface area contributed by atoms with Crippen LogP contribution in [0.5, 0.6) is 0 Å². The topological polar surface area (TPSA) is 97.5 Å². The largest absolute Gasteiger partial charge is 0.463 e. The SMILES string of the molecule is CCOC(=O)/C=C/C(=O)OCC(=O)NCCc1c[nH]c2ccccc12. The summed E-state index contributed by atoms with van der Waals surface area (Å²) in [5, 5.41) is 3.80. The van der Waals surface area contributed by atoms with E-state index in [9.17, 15) is 14.4 Å². The number of nitrogens with one attached hydrogen (secondary N) is 2. The van der Waals surface area contributed by atoms with Crippen molar-refractivity contribution in [3.63, 3.8) is 0 Å². The van der Waals surface area contributed by atoms with Gasteiger partial charge in [0.05, 0.1) is 6.61 Å². The first-order chi connectivity index (χ1) is 12.1. The smallest absolute Gasteiger partial charge is 0.331 e. The molecular formula is C18H20N2O5. The summed E-state index contributed by atoms with van der Waals surface area (Å²) >= 11 is 0. The van der Waals surface area contributed by atoms with Gasteiger partial charge in [-0.2, -0.15) is 0 Å². The fraction of sp³-hybridized carbons (Fsp3) is 0.278. The lowest BCUT2D eigenvalue weighted by Crippen LogP contribution is -2.30. The van der Waals surface area contributed by atoms with Crippen molar-refractivity contribution in [2.24, 2.45) is 0 Å². The summed E-state index contributed by atoms with van der Waals surface area (Å²) in [7, 11) is 0. The molecule has 0 unspecified atom stereocenters. The van der Waals surface area contributed by atoms with E-state index in [-0.39, 0.29) is 6.61 Å². The molecule has 132 valence electrons. The molecule has 7 nitrogen and oxygen atoms in total. The minimum atomic E-state index is -0.778. The van der Waals surface area contributed by atoms with Crippen LogP contribution in [0.4, 0.5) is 0 Å². The van der Waals surface area contributed by atoms with E-state index in [0.29, 0.717) is 13.0 Å². The van der Waals surface area contributed by atoms with Gasteiger partial charge in [-0.1, -0.05) is 18.2 Å². The van der Waals surface area contributed by atoms with Gasteiger partial charge < -0.3 is 19.8 Å². The standard InChI is InChI=1S/C18H20N2O5/c1-2-24-17(22)7-8-18(23)25-12-16(21)19-10-9-13-11-20-15-6-4-3-5-14(13)15/h3-8,11,20H,2,9-10,12H2,1H3,(H,19,21)/b8-7+. The molecule has 0 saturated carbocycles. The summed E-state index contributed by atoms with van der Waals surface area (Å²) in [5.41, 5.74) is 2.15. The van der Waals surface area contributed by atoms with E-state index in [2.05, 4.69) is 15.0 Å². The van der Waals surface area contributed by atoms with E-state index < -0.39 is 24.5 Å². The van der Waals surface area contributed by atoms with E-state index in [4.69, 9.17) is 4.74 Å². The second-order valence-corrected chi connectivity index (χ2v) is 5.15. The Morgan fingerprint density at radius 2 is 1.84 bits per heavy atom. The Labute approximate surface area is 145 Å². The van der Waals surface area contributed by atoms with Gasteiger partial charge in [0.2, 0.25) is 0 Å². The molecule has 0 aliphatic heterocycles. The number of para-hydroxylation sites is 1. The van der Waals surface area contributed by atoms with Crippen LogP contribution >= 0.6 is 0 Å². The number of rotatable bonds is 8. The molecule has 2 rings (SSSR count). The van der Waals surface area contributed by atoms with Crippen LogP contribution in [0.3, 0.4) is 0 Å². The Kier molecular flexibility index (Phi) is 6.76. The summed E-state index contributed by atoms with van der Waals surface area (Å²) in [5.74, 6) is -1.82. The molecule has 0 atom stereocenters. The second-order valence-electron chi connectivity index (χ2n) is 5.15. The molecule has 0 bridgehead atoms. The molecule has 0 radical (unpaired) electrons. The average Bonchev–Trinajstić information content (AvgIpc) is 3.02. The second kappa shape index (κ2) is 9.27. The Bertz CT molecular complexity index is 779. The van der Waals surface area contributed by atoms with Crippen molar-refractivity contribution in [2.75, 3.05) is 19.8 Å². The Morgan fingerprint density at radius 1 is 1.12 bits per heavy atom. The van der Waals surface area contributed by atoms with Crippen LogP contribution < -0.4 is 5.32 Å². The maximum absolute atomic E-state index is 11.7. The predicted octanol–water partition coefficient (Wildman–Crippen LogP) is 1.49. The highest BCUT2D eigenvalue weighted by Gasteiger charge is 2.07. The van der Waals surface area contributed by atoms with Crippen molar-refractivity contribution in [2.45, 2.75) is 13.3 Å². The molecule has 2 N–H and O–H groups in total. The predicted molar refractivity (Wildman–Crippen MR) is 91.7 cm³/mol. The van der Waals surface area contributed by atoms with Gasteiger partial charge in [0.1, 0.15) is 0 Å². The highest BCUT2D eigenvalue weighted by molar-refractivity contribution is 5.92. The molecule has 0 aliphatic carbocycles. The van der Waals surface area contributed by atoms with E-state index in [1.54, 1.807) is 6.92 Å². The highest BCUT2D eigenvalue weighted by Crippen LogP contribution is 2.17. The molecule has 25 heavy (non-hydrogen) atoms. The van der Waals surface area contributed by atoms with Gasteiger partial charge in [0, 0.05) is 35.8 Å². The molecule has 0 fully saturated rings. The van der Waals surface area contributed by atoms with Crippen LogP contribution in [-0.4, -0.2) is 42.6 Å². The molecule has 7 heteroatoms. The Balaban J connectivity index is 1.69. The first-order valence-corrected chi connectivity index (χ1v) is 7.93. The molecule has 2 aromatic rings. The fourth-order valence-electron chi connectivity index (χ4n) is 2.24. The minimum Gasteiger partial charge on any atom is -0.463 e. The van der Waals surface area contributed by atoms with Crippen LogP contribution in [-0.2, 0) is 30.3 Å². The van der Waals surface area contributed by atoms with E-state index >= 15 is 0 Å². The maximum atomic E-state index is 11.7. The number of carbonyl (C=O) groups is 3. The number of fused-ring (bicyclic) bond motifs is 1. The number of hydrogen-bond donors (Lipinski definition) is 2. The monoisotopic (exact) mass is 344 g/mol. The van der Waals surface area contributed by atoms with Crippen molar-refractivity contribution < 1.29 is 23.9 Å². The number of ether oxygens (including phenoxy) is 2. The zero-order valence-electron chi connectivity index (χ0n) is 13.9. The summed E-state index contributed by atoms with van der Waals surface area (Å²) in [4.78, 5) is 37.2. The van der Waals surface area contributed by atoms with E-state index in [1.807, 2.05) is 30.5 Å². The van der Waals surface area contributed by atoms with Crippen molar-refractivity contribution >= 4 is 28.7 Å². The third-order valence-electron chi connectivity index (χ3n) is 3.38. The summed E-state index contributed by atoms with van der Waals surface area (Å²) in [6.45, 7) is 1.90. The van der Waals surface area contributed by atoms with Crippen molar-refractivity contribution in [3.8, 4) is 0 Å². The van der Waals surface area contributed by atoms with Gasteiger partial charge in [0.15, 0.2) is 6.61 Å². The average molecular weight is 344 g/mol. The Hall–Kier alpha value is -3.09. The summed E-state index contributed by atoms with van der Waals surface area (Å²) in [6.07, 6.45) is 4.46. The van der Waals surface area contributed by atoms with Gasteiger partial charge in [-0.05, 0) is 25.0 Å². The van der Waals surface area contributed by atoms with Gasteiger partial charge in [-0.15, -0.1) is 0 Å². The number of aromatic nitrogens is 1. The summed E-state index contributed by atoms with van der Waals surface area (Å²) in [6, 6.07) is 7.91. The molecular weight excluding hydrogens is 324 g/mol. The van der Waals surface area contributed by atoms with Crippen molar-refractivity contribution in [3.05, 3.63) is 48.2 Å². The molecule has 0 saturated heterocycles. The fourth-order valence-corrected chi connectivity index (χ4v) is 2.24. The maximum Gasteiger partial charge on any atom is 0.331 e. The quantitative estimate of drug-likeness (QED) is 0.558. The first kappa shape index (κ1) is 18.3. The zero-order chi connectivity index (χ0) is 18.1. The van der Waals surface area contributed by atoms with E-state index in [0.717, 1.165) is 28.6 Å². The van der Waals surface area contributed by atoms with Gasteiger partial charge >= 0.3 is 11.9 Å². The molecule has 1 aromatic heterocycles. The number of aromatic amines is 1. The highest BCUT2D eigenvalue weighted by atomic mass is 16.5. The minimum absolute atomic E-state index is 0.219. The van der Waals surface area contributed by atoms with Gasteiger partial charge in [-0.25, -0.2) is 9.59 Å². The van der Waals surface area contributed by atoms with Crippen LogP contribution in [0, 0.1) is 0 Å². The van der Waals surface area contributed by atoms with Crippen molar-refractivity contribution in [1.29, 1.82) is 0 Å². The third-order valence-corrected chi connectivity index (χ3v) is 3.38. The molecule has 0 spiro atoms. The normalized spacial score (nSPS) is 10.8. The number of amides is 1. The molecule has 1 heterocycles. The van der Waals surface area contributed by atoms with Crippen LogP contribution in [0.1, 0.15) is 12.5 Å². The van der Waals surface area contributed by atoms with Crippen LogP contribution in [0.2, 0.25) is 0 Å². The molecule has 0 aliphatic rings. The lowest BCUT2D eigenvalue weighted by atomic mass is 10.1.